The summed E-state index contributed by atoms with van der Waals surface area (Å²) >= 11 is 0. The zero-order valence-electron chi connectivity index (χ0n) is 20.2. The van der Waals surface area contributed by atoms with Crippen molar-refractivity contribution in [3.63, 3.8) is 0 Å². The number of nitrogens with one attached hydrogen (secondary N) is 1. The van der Waals surface area contributed by atoms with Crippen molar-refractivity contribution in [3.8, 4) is 5.75 Å². The summed E-state index contributed by atoms with van der Waals surface area (Å²) in [7, 11) is -7.16. The highest BCUT2D eigenvalue weighted by Crippen LogP contribution is 2.50. The van der Waals surface area contributed by atoms with Gasteiger partial charge in [-0.05, 0) is 60.1 Å². The monoisotopic (exact) mass is 506 g/mol. The van der Waals surface area contributed by atoms with Crippen molar-refractivity contribution >= 4 is 25.4 Å². The van der Waals surface area contributed by atoms with Gasteiger partial charge in [-0.2, -0.15) is 0 Å². The number of hydrogen-bond acceptors (Lipinski definition) is 6. The van der Waals surface area contributed by atoms with E-state index in [0.717, 1.165) is 25.2 Å². The van der Waals surface area contributed by atoms with Crippen LogP contribution in [0.1, 0.15) is 26.3 Å². The molecule has 2 unspecified atom stereocenters. The molecule has 0 radical (unpaired) electrons. The maximum atomic E-state index is 13.7. The molecule has 2 aliphatic rings. The fourth-order valence-electron chi connectivity index (χ4n) is 4.56. The van der Waals surface area contributed by atoms with Crippen molar-refractivity contribution in [2.75, 3.05) is 36.9 Å². The van der Waals surface area contributed by atoms with Gasteiger partial charge in [-0.1, -0.05) is 32.9 Å². The van der Waals surface area contributed by atoms with Crippen LogP contribution in [0.3, 0.4) is 0 Å². The van der Waals surface area contributed by atoms with Crippen LogP contribution in [0.5, 0.6) is 5.75 Å². The first kappa shape index (κ1) is 25.0. The molecule has 0 amide bonds. The molecule has 0 bridgehead atoms. The minimum absolute atomic E-state index is 0.00795. The van der Waals surface area contributed by atoms with Crippen LogP contribution in [-0.2, 0) is 30.9 Å². The van der Waals surface area contributed by atoms with E-state index in [9.17, 15) is 12.6 Å². The predicted molar refractivity (Wildman–Crippen MR) is 133 cm³/mol. The zero-order valence-corrected chi connectivity index (χ0v) is 21.8. The second-order valence-electron chi connectivity index (χ2n) is 9.74. The minimum Gasteiger partial charge on any atom is -0.492 e. The molecular formula is C25H34N2O5S2. The lowest BCUT2D eigenvalue weighted by Gasteiger charge is -2.27. The summed E-state index contributed by atoms with van der Waals surface area (Å²) in [6.45, 7) is 8.23. The third kappa shape index (κ3) is 5.11. The summed E-state index contributed by atoms with van der Waals surface area (Å²) in [5.41, 5.74) is 1.71. The Balaban J connectivity index is 1.65. The van der Waals surface area contributed by atoms with Gasteiger partial charge in [0.1, 0.15) is 5.75 Å². The fraction of sp³-hybridized carbons (Fsp3) is 0.520. The number of nitrogens with zero attached hydrogens (tertiary/aromatic N) is 1. The van der Waals surface area contributed by atoms with Crippen molar-refractivity contribution in [1.82, 2.24) is 0 Å². The lowest BCUT2D eigenvalue weighted by molar-refractivity contribution is 0.136. The first-order valence-electron chi connectivity index (χ1n) is 11.7. The molecule has 0 aromatic heterocycles. The largest absolute Gasteiger partial charge is 0.492 e. The van der Waals surface area contributed by atoms with E-state index in [2.05, 4.69) is 6.92 Å². The van der Waals surface area contributed by atoms with E-state index in [-0.39, 0.29) is 15.7 Å². The topological polar surface area (TPSA) is 96.8 Å². The molecule has 0 spiro atoms. The molecule has 1 N–H and O–H groups in total. The Kier molecular flexibility index (Phi) is 6.99. The van der Waals surface area contributed by atoms with Gasteiger partial charge in [0.25, 0.3) is 10.0 Å². The summed E-state index contributed by atoms with van der Waals surface area (Å²) in [5, 5.41) is 0. The maximum absolute atomic E-state index is 13.7. The van der Waals surface area contributed by atoms with Gasteiger partial charge >= 0.3 is 0 Å². The summed E-state index contributed by atoms with van der Waals surface area (Å²) in [5.74, 6) is 1.82. The highest BCUT2D eigenvalue weighted by Gasteiger charge is 2.54. The summed E-state index contributed by atoms with van der Waals surface area (Å²) in [6.07, 6.45) is 2.16. The number of rotatable bonds is 10. The number of ether oxygens (including phenoxy) is 2. The Morgan fingerprint density at radius 2 is 1.74 bits per heavy atom. The van der Waals surface area contributed by atoms with E-state index in [1.807, 2.05) is 38.1 Å². The van der Waals surface area contributed by atoms with E-state index in [4.69, 9.17) is 14.3 Å². The summed E-state index contributed by atoms with van der Waals surface area (Å²) in [4.78, 5) is 0.120. The number of hydrogen-bond donors (Lipinski definition) is 1. The molecule has 186 valence electrons. The third-order valence-corrected chi connectivity index (χ3v) is 9.60. The second-order valence-corrected chi connectivity index (χ2v) is 13.7. The van der Waals surface area contributed by atoms with E-state index in [0.29, 0.717) is 42.3 Å². The van der Waals surface area contributed by atoms with Crippen LogP contribution in [0.15, 0.2) is 52.3 Å². The van der Waals surface area contributed by atoms with Gasteiger partial charge in [-0.25, -0.2) is 17.4 Å². The summed E-state index contributed by atoms with van der Waals surface area (Å²) in [6, 6.07) is 11.9. The van der Waals surface area contributed by atoms with Crippen LogP contribution >= 0.6 is 0 Å². The van der Waals surface area contributed by atoms with E-state index in [1.165, 1.54) is 22.7 Å². The minimum atomic E-state index is -3.95. The van der Waals surface area contributed by atoms with E-state index >= 15 is 0 Å². The van der Waals surface area contributed by atoms with Gasteiger partial charge in [0.05, 0.1) is 45.0 Å². The van der Waals surface area contributed by atoms with Gasteiger partial charge < -0.3 is 9.47 Å². The Hall–Kier alpha value is -2.10. The quantitative estimate of drug-likeness (QED) is 0.515. The lowest BCUT2D eigenvalue weighted by atomic mass is 10.1. The van der Waals surface area contributed by atoms with Gasteiger partial charge in [0.15, 0.2) is 0 Å². The molecule has 1 saturated carbocycles. The SMILES string of the molecule is CCc1ccc(N(CC(C)C)S(=O)(=O)c2ccc(OC[C@H]3C4COC[C@@H]43)c(S(C)(=N)=O)c2)cc1. The average molecular weight is 507 g/mol. The van der Waals surface area contributed by atoms with E-state index < -0.39 is 19.8 Å². The Morgan fingerprint density at radius 3 is 2.29 bits per heavy atom. The number of fused-ring (bicyclic) bond motifs is 1. The molecule has 1 saturated heterocycles. The van der Waals surface area contributed by atoms with Crippen LogP contribution < -0.4 is 9.04 Å². The molecule has 4 rings (SSSR count). The molecule has 9 heteroatoms. The number of sulfonamides is 1. The average Bonchev–Trinajstić information content (AvgIpc) is 3.21. The Bertz CT molecular complexity index is 1230. The number of benzene rings is 2. The predicted octanol–water partition coefficient (Wildman–Crippen LogP) is 4.41. The molecule has 1 heterocycles. The van der Waals surface area contributed by atoms with Crippen LogP contribution in [-0.4, -0.2) is 45.2 Å². The third-order valence-electron chi connectivity index (χ3n) is 6.65. The fourth-order valence-corrected chi connectivity index (χ4v) is 7.16. The van der Waals surface area contributed by atoms with Gasteiger partial charge in [0, 0.05) is 18.7 Å². The molecule has 2 aromatic carbocycles. The Labute approximate surface area is 203 Å². The second kappa shape index (κ2) is 9.51. The van der Waals surface area contributed by atoms with Gasteiger partial charge in [-0.15, -0.1) is 0 Å². The first-order valence-corrected chi connectivity index (χ1v) is 15.1. The Morgan fingerprint density at radius 1 is 1.09 bits per heavy atom. The van der Waals surface area contributed by atoms with Crippen molar-refractivity contribution in [2.45, 2.75) is 37.0 Å². The summed E-state index contributed by atoms with van der Waals surface area (Å²) < 4.78 is 61.2. The molecule has 2 fully saturated rings. The lowest BCUT2D eigenvalue weighted by Crippen LogP contribution is -2.34. The van der Waals surface area contributed by atoms with Gasteiger partial charge in [-0.3, -0.25) is 4.31 Å². The molecule has 1 aliphatic heterocycles. The van der Waals surface area contributed by atoms with Crippen LogP contribution in [0, 0.1) is 28.5 Å². The molecule has 2 aromatic rings. The molecule has 34 heavy (non-hydrogen) atoms. The molecule has 7 nitrogen and oxygen atoms in total. The smallest absolute Gasteiger partial charge is 0.264 e. The normalized spacial score (nSPS) is 23.4. The van der Waals surface area contributed by atoms with E-state index in [1.54, 1.807) is 6.07 Å². The number of anilines is 1. The molecule has 4 atom stereocenters. The molecule has 1 aliphatic carbocycles. The highest BCUT2D eigenvalue weighted by molar-refractivity contribution is 7.93. The van der Waals surface area contributed by atoms with Crippen LogP contribution in [0.4, 0.5) is 5.69 Å². The van der Waals surface area contributed by atoms with Crippen molar-refractivity contribution in [1.29, 1.82) is 4.78 Å². The number of aryl methyl sites for hydroxylation is 1. The standard InChI is InChI=1S/C25H34N2O5S2/c1-5-18-6-8-19(9-7-18)27(13-17(2)3)34(29,30)20-10-11-24(25(12-20)33(4,26)28)32-16-23-21-14-31-15-22(21)23/h6-12,17,21-23,26H,5,13-16H2,1-4H3/t21-,22?,23+,33?/m0/s1. The van der Waals surface area contributed by atoms with Gasteiger partial charge in [0.2, 0.25) is 0 Å². The highest BCUT2D eigenvalue weighted by atomic mass is 32.2. The first-order chi connectivity index (χ1) is 16.0. The zero-order chi connectivity index (χ0) is 24.7. The van der Waals surface area contributed by atoms with Crippen molar-refractivity contribution in [2.24, 2.45) is 23.7 Å². The molecular weight excluding hydrogens is 472 g/mol. The van der Waals surface area contributed by atoms with Crippen LogP contribution in [0.25, 0.3) is 0 Å². The van der Waals surface area contributed by atoms with Crippen molar-refractivity contribution in [3.05, 3.63) is 48.0 Å². The maximum Gasteiger partial charge on any atom is 0.264 e. The van der Waals surface area contributed by atoms with Crippen molar-refractivity contribution < 1.29 is 22.1 Å². The van der Waals surface area contributed by atoms with Crippen LogP contribution in [0.2, 0.25) is 0 Å².